The number of imide groups is 1. The van der Waals surface area contributed by atoms with Crippen LogP contribution in [0.4, 0.5) is 5.69 Å². The number of fused-ring (bicyclic) bond motifs is 5. The molecular formula is C21H18BrNO5S. The van der Waals surface area contributed by atoms with E-state index in [0.29, 0.717) is 0 Å². The number of amides is 2. The maximum atomic E-state index is 13.1. The summed E-state index contributed by atoms with van der Waals surface area (Å²) in [6.45, 7) is 0. The van der Waals surface area contributed by atoms with Crippen molar-refractivity contribution in [2.45, 2.75) is 24.2 Å². The molecule has 2 aromatic carbocycles. The van der Waals surface area contributed by atoms with Crippen molar-refractivity contribution in [2.24, 2.45) is 23.7 Å². The Morgan fingerprint density at radius 3 is 2.10 bits per heavy atom. The number of rotatable bonds is 4. The van der Waals surface area contributed by atoms with E-state index in [9.17, 15) is 18.0 Å². The summed E-state index contributed by atoms with van der Waals surface area (Å²) in [5, 5.41) is 0. The topological polar surface area (TPSA) is 80.8 Å². The van der Waals surface area contributed by atoms with Crippen molar-refractivity contribution in [2.75, 3.05) is 4.90 Å². The molecule has 0 unspecified atom stereocenters. The molecule has 0 spiro atoms. The standard InChI is InChI=1S/C21H18BrNO5S/c22-14-7-9-15(10-8-14)29(26,27)28-17-4-2-1-3-16(17)23-20(24)18-12-5-6-13(11-12)19(18)21(23)25/h1-4,7-10,12-13,18-19H,5-6,11H2/t12-,13-,18-,19-/m0/s1. The van der Waals surface area contributed by atoms with E-state index < -0.39 is 10.1 Å². The van der Waals surface area contributed by atoms with Crippen LogP contribution in [-0.4, -0.2) is 20.2 Å². The first-order valence-corrected chi connectivity index (χ1v) is 11.7. The van der Waals surface area contributed by atoms with Gasteiger partial charge in [0.2, 0.25) is 11.8 Å². The number of hydrogen-bond acceptors (Lipinski definition) is 5. The van der Waals surface area contributed by atoms with Crippen molar-refractivity contribution >= 4 is 43.5 Å². The lowest BCUT2D eigenvalue weighted by atomic mass is 9.81. The van der Waals surface area contributed by atoms with E-state index >= 15 is 0 Å². The van der Waals surface area contributed by atoms with Crippen LogP contribution in [-0.2, 0) is 19.7 Å². The molecule has 0 aromatic heterocycles. The summed E-state index contributed by atoms with van der Waals surface area (Å²) >= 11 is 3.27. The Balaban J connectivity index is 1.50. The Labute approximate surface area is 177 Å². The van der Waals surface area contributed by atoms with E-state index in [1.807, 2.05) is 0 Å². The van der Waals surface area contributed by atoms with Crippen molar-refractivity contribution in [3.8, 4) is 5.75 Å². The lowest BCUT2D eigenvalue weighted by molar-refractivity contribution is -0.123. The zero-order valence-corrected chi connectivity index (χ0v) is 17.7. The second-order valence-electron chi connectivity index (χ2n) is 7.86. The normalized spacial score (nSPS) is 28.1. The summed E-state index contributed by atoms with van der Waals surface area (Å²) in [6.07, 6.45) is 2.90. The van der Waals surface area contributed by atoms with Gasteiger partial charge in [-0.2, -0.15) is 8.42 Å². The van der Waals surface area contributed by atoms with Crippen LogP contribution in [0.2, 0.25) is 0 Å². The smallest absolute Gasteiger partial charge is 0.339 e. The van der Waals surface area contributed by atoms with E-state index in [4.69, 9.17) is 4.18 Å². The van der Waals surface area contributed by atoms with Gasteiger partial charge in [0.25, 0.3) is 0 Å². The predicted octanol–water partition coefficient (Wildman–Crippen LogP) is 3.75. The van der Waals surface area contributed by atoms with Gasteiger partial charge in [0, 0.05) is 4.47 Å². The average Bonchev–Trinajstić information content (AvgIpc) is 3.37. The molecular weight excluding hydrogens is 458 g/mol. The molecule has 0 radical (unpaired) electrons. The quantitative estimate of drug-likeness (QED) is 0.496. The van der Waals surface area contributed by atoms with Crippen molar-refractivity contribution in [1.82, 2.24) is 0 Å². The van der Waals surface area contributed by atoms with Gasteiger partial charge in [-0.1, -0.05) is 28.1 Å². The van der Waals surface area contributed by atoms with Gasteiger partial charge in [-0.25, -0.2) is 4.90 Å². The zero-order valence-electron chi connectivity index (χ0n) is 15.3. The molecule has 4 atom stereocenters. The van der Waals surface area contributed by atoms with Crippen molar-refractivity contribution in [3.63, 3.8) is 0 Å². The van der Waals surface area contributed by atoms with Crippen LogP contribution in [0, 0.1) is 23.7 Å². The van der Waals surface area contributed by atoms with Crippen LogP contribution in [0.1, 0.15) is 19.3 Å². The molecule has 2 amide bonds. The van der Waals surface area contributed by atoms with Crippen LogP contribution < -0.4 is 9.08 Å². The minimum absolute atomic E-state index is 0.00973. The number of nitrogens with zero attached hydrogens (tertiary/aromatic N) is 1. The van der Waals surface area contributed by atoms with Gasteiger partial charge < -0.3 is 4.18 Å². The van der Waals surface area contributed by atoms with Crippen LogP contribution >= 0.6 is 15.9 Å². The van der Waals surface area contributed by atoms with Crippen molar-refractivity contribution < 1.29 is 22.2 Å². The first-order valence-electron chi connectivity index (χ1n) is 9.54. The van der Waals surface area contributed by atoms with Gasteiger partial charge in [-0.05, 0) is 67.5 Å². The Bertz CT molecular complexity index is 1090. The largest absolute Gasteiger partial charge is 0.377 e. The number of para-hydroxylation sites is 2. The minimum atomic E-state index is -4.12. The molecule has 150 valence electrons. The molecule has 5 rings (SSSR count). The second kappa shape index (κ2) is 6.67. The SMILES string of the molecule is O=C1[C@H]2[C@H]3CC[C@@H](C3)[C@@H]2C(=O)N1c1ccccc1OS(=O)(=O)c1ccc(Br)cc1. The summed E-state index contributed by atoms with van der Waals surface area (Å²) in [7, 11) is -4.12. The molecule has 2 saturated carbocycles. The highest BCUT2D eigenvalue weighted by Gasteiger charge is 2.61. The van der Waals surface area contributed by atoms with Crippen LogP contribution in [0.3, 0.4) is 0 Å². The Morgan fingerprint density at radius 1 is 0.897 bits per heavy atom. The Hall–Kier alpha value is -2.19. The molecule has 1 saturated heterocycles. The molecule has 1 heterocycles. The lowest BCUT2D eigenvalue weighted by Gasteiger charge is -2.20. The summed E-state index contributed by atoms with van der Waals surface area (Å²) < 4.78 is 31.6. The van der Waals surface area contributed by atoms with Crippen molar-refractivity contribution in [1.29, 1.82) is 0 Å². The maximum Gasteiger partial charge on any atom is 0.339 e. The average molecular weight is 476 g/mol. The van der Waals surface area contributed by atoms with E-state index in [2.05, 4.69) is 15.9 Å². The third-order valence-corrected chi connectivity index (χ3v) is 8.11. The monoisotopic (exact) mass is 475 g/mol. The molecule has 1 aliphatic heterocycles. The zero-order chi connectivity index (χ0) is 20.3. The fourth-order valence-corrected chi connectivity index (χ4v) is 6.33. The van der Waals surface area contributed by atoms with Crippen LogP contribution in [0.25, 0.3) is 0 Å². The number of benzene rings is 2. The van der Waals surface area contributed by atoms with Gasteiger partial charge in [-0.3, -0.25) is 9.59 Å². The number of carbonyl (C=O) groups is 2. The maximum absolute atomic E-state index is 13.1. The first kappa shape index (κ1) is 18.8. The fourth-order valence-electron chi connectivity index (χ4n) is 5.13. The van der Waals surface area contributed by atoms with E-state index in [1.165, 1.54) is 18.2 Å². The van der Waals surface area contributed by atoms with Gasteiger partial charge in [-0.15, -0.1) is 0 Å². The number of anilines is 1. The Kier molecular flexibility index (Phi) is 4.33. The van der Waals surface area contributed by atoms with Gasteiger partial charge in [0.05, 0.1) is 17.5 Å². The summed E-state index contributed by atoms with van der Waals surface area (Å²) in [6, 6.07) is 12.4. The molecule has 3 fully saturated rings. The molecule has 29 heavy (non-hydrogen) atoms. The minimum Gasteiger partial charge on any atom is -0.377 e. The predicted molar refractivity (Wildman–Crippen MR) is 109 cm³/mol. The highest BCUT2D eigenvalue weighted by Crippen LogP contribution is 2.57. The van der Waals surface area contributed by atoms with Crippen LogP contribution in [0.5, 0.6) is 5.75 Å². The number of halogens is 1. The van der Waals surface area contributed by atoms with Gasteiger partial charge in [0.15, 0.2) is 5.75 Å². The Morgan fingerprint density at radius 2 is 1.48 bits per heavy atom. The molecule has 2 aliphatic carbocycles. The number of carbonyl (C=O) groups excluding carboxylic acids is 2. The van der Waals surface area contributed by atoms with E-state index in [1.54, 1.807) is 30.3 Å². The second-order valence-corrected chi connectivity index (χ2v) is 10.3. The molecule has 0 N–H and O–H groups in total. The summed E-state index contributed by atoms with van der Waals surface area (Å²) in [5.74, 6) is -0.537. The molecule has 3 aliphatic rings. The number of hydrogen-bond donors (Lipinski definition) is 0. The van der Waals surface area contributed by atoms with Gasteiger partial charge in [0.1, 0.15) is 4.90 Å². The van der Waals surface area contributed by atoms with E-state index in [-0.39, 0.29) is 51.8 Å². The molecule has 2 aromatic rings. The summed E-state index contributed by atoms with van der Waals surface area (Å²) in [5.41, 5.74) is 0.192. The van der Waals surface area contributed by atoms with E-state index in [0.717, 1.165) is 28.6 Å². The third kappa shape index (κ3) is 2.92. The molecule has 6 nitrogen and oxygen atoms in total. The third-order valence-electron chi connectivity index (χ3n) is 6.34. The highest BCUT2D eigenvalue weighted by molar-refractivity contribution is 9.10. The summed E-state index contributed by atoms with van der Waals surface area (Å²) in [4.78, 5) is 27.4. The van der Waals surface area contributed by atoms with Crippen LogP contribution in [0.15, 0.2) is 57.9 Å². The highest BCUT2D eigenvalue weighted by atomic mass is 79.9. The van der Waals surface area contributed by atoms with Crippen molar-refractivity contribution in [3.05, 3.63) is 53.0 Å². The molecule has 8 heteroatoms. The van der Waals surface area contributed by atoms with Gasteiger partial charge >= 0.3 is 10.1 Å². The molecule has 2 bridgehead atoms. The first-order chi connectivity index (χ1) is 13.9. The fraction of sp³-hybridized carbons (Fsp3) is 0.333. The lowest BCUT2D eigenvalue weighted by Crippen LogP contribution is -2.33.